The lowest BCUT2D eigenvalue weighted by atomic mass is 10.1. The van der Waals surface area contributed by atoms with Crippen molar-refractivity contribution in [2.45, 2.75) is 6.54 Å². The molecule has 3 rings (SSSR count). The van der Waals surface area contributed by atoms with Crippen molar-refractivity contribution in [3.8, 4) is 0 Å². The van der Waals surface area contributed by atoms with Crippen molar-refractivity contribution in [3.63, 3.8) is 0 Å². The highest BCUT2D eigenvalue weighted by molar-refractivity contribution is 7.80. The second-order valence-electron chi connectivity index (χ2n) is 4.71. The minimum atomic E-state index is 0.422. The van der Waals surface area contributed by atoms with E-state index in [4.69, 9.17) is 29.6 Å². The number of aromatic nitrogens is 1. The van der Waals surface area contributed by atoms with E-state index >= 15 is 0 Å². The molecule has 2 nitrogen and oxygen atoms in total. The van der Waals surface area contributed by atoms with Crippen molar-refractivity contribution in [2.75, 3.05) is 0 Å². The molecule has 2 N–H and O–H groups in total. The summed E-state index contributed by atoms with van der Waals surface area (Å²) in [5.74, 6) is 0. The predicted octanol–water partition coefficient (Wildman–Crippen LogP) is 3.98. The second-order valence-corrected chi connectivity index (χ2v) is 5.58. The quantitative estimate of drug-likeness (QED) is 0.742. The van der Waals surface area contributed by atoms with Gasteiger partial charge in [0.15, 0.2) is 0 Å². The number of hydrogen-bond acceptors (Lipinski definition) is 1. The molecule has 20 heavy (non-hydrogen) atoms. The minimum absolute atomic E-state index is 0.422. The van der Waals surface area contributed by atoms with Crippen LogP contribution >= 0.6 is 23.8 Å². The third-order valence-electron chi connectivity index (χ3n) is 3.32. The fourth-order valence-electron chi connectivity index (χ4n) is 2.26. The summed E-state index contributed by atoms with van der Waals surface area (Å²) in [6.45, 7) is 0.793. The van der Waals surface area contributed by atoms with Gasteiger partial charge in [-0.1, -0.05) is 48.1 Å². The number of rotatable bonds is 3. The van der Waals surface area contributed by atoms with Gasteiger partial charge in [-0.05, 0) is 35.2 Å². The van der Waals surface area contributed by atoms with Crippen LogP contribution in [0.25, 0.3) is 10.9 Å². The summed E-state index contributed by atoms with van der Waals surface area (Å²) >= 11 is 10.9. The second kappa shape index (κ2) is 5.27. The van der Waals surface area contributed by atoms with E-state index in [2.05, 4.69) is 16.8 Å². The molecule has 0 spiro atoms. The maximum absolute atomic E-state index is 5.91. The van der Waals surface area contributed by atoms with E-state index < -0.39 is 0 Å². The molecule has 0 saturated heterocycles. The fourth-order valence-corrected chi connectivity index (χ4v) is 2.51. The topological polar surface area (TPSA) is 30.9 Å². The Morgan fingerprint density at radius 1 is 1.10 bits per heavy atom. The molecule has 0 aliphatic heterocycles. The Bertz CT molecular complexity index is 775. The SMILES string of the molecule is NC(=S)c1ccc2ccn(Cc3ccc(Cl)cc3)c2c1. The van der Waals surface area contributed by atoms with E-state index in [1.54, 1.807) is 0 Å². The molecule has 2 aromatic carbocycles. The number of nitrogens with two attached hydrogens (primary N) is 1. The third-order valence-corrected chi connectivity index (χ3v) is 3.81. The molecule has 0 bridgehead atoms. The van der Waals surface area contributed by atoms with Crippen LogP contribution in [-0.4, -0.2) is 9.56 Å². The molecular weight excluding hydrogens is 288 g/mol. The molecule has 0 unspecified atom stereocenters. The van der Waals surface area contributed by atoms with Crippen LogP contribution in [-0.2, 0) is 6.54 Å². The standard InChI is InChI=1S/C16H13ClN2S/c17-14-5-1-11(2-6-14)10-19-8-7-12-3-4-13(16(18)20)9-15(12)19/h1-9H,10H2,(H2,18,20). The van der Waals surface area contributed by atoms with Crippen LogP contribution in [0.3, 0.4) is 0 Å². The molecule has 3 aromatic rings. The normalized spacial score (nSPS) is 10.8. The van der Waals surface area contributed by atoms with Gasteiger partial charge in [0.05, 0.1) is 0 Å². The summed E-state index contributed by atoms with van der Waals surface area (Å²) in [5, 5.41) is 1.93. The zero-order valence-corrected chi connectivity index (χ0v) is 12.3. The number of halogens is 1. The van der Waals surface area contributed by atoms with Gasteiger partial charge in [0, 0.05) is 28.8 Å². The smallest absolute Gasteiger partial charge is 0.104 e. The molecule has 0 fully saturated rings. The number of fused-ring (bicyclic) bond motifs is 1. The fraction of sp³-hybridized carbons (Fsp3) is 0.0625. The third kappa shape index (κ3) is 2.55. The van der Waals surface area contributed by atoms with E-state index in [0.717, 1.165) is 22.6 Å². The molecule has 100 valence electrons. The van der Waals surface area contributed by atoms with Crippen LogP contribution in [0.4, 0.5) is 0 Å². The van der Waals surface area contributed by atoms with Crippen molar-refractivity contribution in [1.82, 2.24) is 4.57 Å². The first-order valence-corrected chi connectivity index (χ1v) is 7.05. The summed E-state index contributed by atoms with van der Waals surface area (Å²) in [7, 11) is 0. The molecule has 4 heteroatoms. The predicted molar refractivity (Wildman–Crippen MR) is 88.4 cm³/mol. The number of nitrogens with zero attached hydrogens (tertiary/aromatic N) is 1. The number of thiocarbonyl (C=S) groups is 1. The van der Waals surface area contributed by atoms with Crippen molar-refractivity contribution < 1.29 is 0 Å². The van der Waals surface area contributed by atoms with Crippen LogP contribution in [0.5, 0.6) is 0 Å². The lowest BCUT2D eigenvalue weighted by Gasteiger charge is -2.07. The van der Waals surface area contributed by atoms with E-state index in [0.29, 0.717) is 4.99 Å². The Balaban J connectivity index is 2.00. The molecule has 0 aliphatic rings. The average molecular weight is 301 g/mol. The van der Waals surface area contributed by atoms with Crippen molar-refractivity contribution in [3.05, 3.63) is 70.9 Å². The maximum atomic E-state index is 5.91. The zero-order chi connectivity index (χ0) is 14.1. The molecule has 0 amide bonds. The van der Waals surface area contributed by atoms with Crippen molar-refractivity contribution >= 4 is 39.7 Å². The van der Waals surface area contributed by atoms with E-state index in [9.17, 15) is 0 Å². The Hall–Kier alpha value is -1.84. The van der Waals surface area contributed by atoms with Crippen LogP contribution in [0.15, 0.2) is 54.7 Å². The van der Waals surface area contributed by atoms with Gasteiger partial charge in [0.2, 0.25) is 0 Å². The van der Waals surface area contributed by atoms with Crippen LogP contribution < -0.4 is 5.73 Å². The lowest BCUT2D eigenvalue weighted by molar-refractivity contribution is 0.837. The lowest BCUT2D eigenvalue weighted by Crippen LogP contribution is -2.09. The highest BCUT2D eigenvalue weighted by atomic mass is 35.5. The van der Waals surface area contributed by atoms with Crippen LogP contribution in [0.1, 0.15) is 11.1 Å². The van der Waals surface area contributed by atoms with E-state index in [-0.39, 0.29) is 0 Å². The number of hydrogen-bond donors (Lipinski definition) is 1. The molecule has 0 radical (unpaired) electrons. The van der Waals surface area contributed by atoms with E-state index in [1.807, 2.05) is 42.5 Å². The monoisotopic (exact) mass is 300 g/mol. The van der Waals surface area contributed by atoms with Gasteiger partial charge in [-0.2, -0.15) is 0 Å². The average Bonchev–Trinajstić information content (AvgIpc) is 2.84. The Kier molecular flexibility index (Phi) is 3.47. The molecule has 0 atom stereocenters. The first-order chi connectivity index (χ1) is 9.63. The Morgan fingerprint density at radius 3 is 2.55 bits per heavy atom. The largest absolute Gasteiger partial charge is 0.389 e. The van der Waals surface area contributed by atoms with Gasteiger partial charge in [-0.25, -0.2) is 0 Å². The molecule has 1 aromatic heterocycles. The summed E-state index contributed by atoms with van der Waals surface area (Å²) in [6, 6.07) is 16.0. The Labute approximate surface area is 127 Å². The van der Waals surface area contributed by atoms with Crippen molar-refractivity contribution in [2.24, 2.45) is 5.73 Å². The van der Waals surface area contributed by atoms with Gasteiger partial charge >= 0.3 is 0 Å². The highest BCUT2D eigenvalue weighted by Gasteiger charge is 2.04. The first-order valence-electron chi connectivity index (χ1n) is 6.26. The summed E-state index contributed by atoms with van der Waals surface area (Å²) in [4.78, 5) is 0.422. The Morgan fingerprint density at radius 2 is 1.85 bits per heavy atom. The summed E-state index contributed by atoms with van der Waals surface area (Å²) < 4.78 is 2.18. The summed E-state index contributed by atoms with van der Waals surface area (Å²) in [5.41, 5.74) is 8.92. The van der Waals surface area contributed by atoms with Crippen molar-refractivity contribution in [1.29, 1.82) is 0 Å². The van der Waals surface area contributed by atoms with E-state index in [1.165, 1.54) is 10.9 Å². The van der Waals surface area contributed by atoms with Gasteiger partial charge in [0.25, 0.3) is 0 Å². The van der Waals surface area contributed by atoms with Gasteiger partial charge in [0.1, 0.15) is 4.99 Å². The molecule has 0 aliphatic carbocycles. The first kappa shape index (κ1) is 13.2. The number of benzene rings is 2. The molecule has 0 saturated carbocycles. The minimum Gasteiger partial charge on any atom is -0.389 e. The molecular formula is C16H13ClN2S. The van der Waals surface area contributed by atoms with Crippen LogP contribution in [0.2, 0.25) is 5.02 Å². The van der Waals surface area contributed by atoms with Gasteiger partial charge < -0.3 is 10.3 Å². The summed E-state index contributed by atoms with van der Waals surface area (Å²) in [6.07, 6.45) is 2.07. The maximum Gasteiger partial charge on any atom is 0.104 e. The van der Waals surface area contributed by atoms with Gasteiger partial charge in [-0.3, -0.25) is 0 Å². The van der Waals surface area contributed by atoms with Crippen LogP contribution in [0, 0.1) is 0 Å². The van der Waals surface area contributed by atoms with Gasteiger partial charge in [-0.15, -0.1) is 0 Å². The molecule has 1 heterocycles. The zero-order valence-electron chi connectivity index (χ0n) is 10.7. The highest BCUT2D eigenvalue weighted by Crippen LogP contribution is 2.20.